The van der Waals surface area contributed by atoms with E-state index in [1.807, 2.05) is 36.4 Å². The molecular weight excluding hydrogens is 253 g/mol. The molecule has 0 aromatic heterocycles. The van der Waals surface area contributed by atoms with E-state index < -0.39 is 0 Å². The smallest absolute Gasteiger partial charge is 0.221 e. The molecule has 1 aliphatic heterocycles. The van der Waals surface area contributed by atoms with Crippen molar-refractivity contribution in [1.29, 1.82) is 0 Å². The lowest BCUT2D eigenvalue weighted by Crippen LogP contribution is -2.20. The van der Waals surface area contributed by atoms with E-state index in [9.17, 15) is 9.18 Å². The second-order valence-electron chi connectivity index (χ2n) is 5.28. The normalized spacial score (nSPS) is 21.8. The lowest BCUT2D eigenvalue weighted by atomic mass is 9.87. The fraction of sp³-hybridized carbons (Fsp3) is 0.235. The van der Waals surface area contributed by atoms with E-state index in [4.69, 9.17) is 0 Å². The Morgan fingerprint density at radius 3 is 2.55 bits per heavy atom. The van der Waals surface area contributed by atoms with Crippen molar-refractivity contribution in [3.8, 4) is 0 Å². The zero-order valence-electron chi connectivity index (χ0n) is 11.3. The van der Waals surface area contributed by atoms with Crippen LogP contribution in [-0.2, 0) is 4.79 Å². The topological polar surface area (TPSA) is 29.1 Å². The van der Waals surface area contributed by atoms with Crippen LogP contribution < -0.4 is 5.32 Å². The third-order valence-corrected chi connectivity index (χ3v) is 3.89. The summed E-state index contributed by atoms with van der Waals surface area (Å²) in [7, 11) is 0. The highest BCUT2D eigenvalue weighted by Gasteiger charge is 2.34. The number of nitrogens with one attached hydrogen (secondary N) is 1. The number of benzene rings is 2. The fourth-order valence-corrected chi connectivity index (χ4v) is 2.84. The lowest BCUT2D eigenvalue weighted by molar-refractivity contribution is -0.119. The molecule has 2 unspecified atom stereocenters. The van der Waals surface area contributed by atoms with E-state index in [-0.39, 0.29) is 23.7 Å². The summed E-state index contributed by atoms with van der Waals surface area (Å²) in [6, 6.07) is 15.0. The Bertz CT molecular complexity index is 639. The Kier molecular flexibility index (Phi) is 3.26. The van der Waals surface area contributed by atoms with Crippen LogP contribution in [0.5, 0.6) is 0 Å². The van der Waals surface area contributed by atoms with E-state index in [1.54, 1.807) is 13.0 Å². The van der Waals surface area contributed by atoms with E-state index in [0.717, 1.165) is 11.1 Å². The Hall–Kier alpha value is -2.16. The van der Waals surface area contributed by atoms with Crippen molar-refractivity contribution in [3.63, 3.8) is 0 Å². The highest BCUT2D eigenvalue weighted by molar-refractivity contribution is 5.80. The minimum Gasteiger partial charge on any atom is -0.349 e. The van der Waals surface area contributed by atoms with E-state index in [2.05, 4.69) is 5.32 Å². The second kappa shape index (κ2) is 5.08. The first kappa shape index (κ1) is 12.9. The summed E-state index contributed by atoms with van der Waals surface area (Å²) in [5.74, 6) is -0.0997. The van der Waals surface area contributed by atoms with Crippen molar-refractivity contribution in [2.45, 2.75) is 25.3 Å². The maximum absolute atomic E-state index is 13.4. The molecule has 0 bridgehead atoms. The number of amides is 1. The van der Waals surface area contributed by atoms with Crippen molar-refractivity contribution in [2.24, 2.45) is 0 Å². The average molecular weight is 269 g/mol. The van der Waals surface area contributed by atoms with Crippen LogP contribution in [0.3, 0.4) is 0 Å². The van der Waals surface area contributed by atoms with Crippen molar-refractivity contribution >= 4 is 5.91 Å². The summed E-state index contributed by atoms with van der Waals surface area (Å²) >= 11 is 0. The highest BCUT2D eigenvalue weighted by atomic mass is 19.1. The van der Waals surface area contributed by atoms with Gasteiger partial charge < -0.3 is 5.32 Å². The number of hydrogen-bond acceptors (Lipinski definition) is 1. The Morgan fingerprint density at radius 2 is 1.85 bits per heavy atom. The van der Waals surface area contributed by atoms with Gasteiger partial charge in [0.05, 0.1) is 6.04 Å². The first-order chi connectivity index (χ1) is 9.65. The first-order valence-corrected chi connectivity index (χ1v) is 6.75. The first-order valence-electron chi connectivity index (χ1n) is 6.75. The maximum Gasteiger partial charge on any atom is 0.221 e. The quantitative estimate of drug-likeness (QED) is 0.888. The van der Waals surface area contributed by atoms with Gasteiger partial charge in [-0.05, 0) is 29.7 Å². The van der Waals surface area contributed by atoms with Gasteiger partial charge in [0.15, 0.2) is 0 Å². The molecule has 3 rings (SSSR count). The molecule has 2 aromatic rings. The van der Waals surface area contributed by atoms with Crippen LogP contribution in [-0.4, -0.2) is 5.91 Å². The molecule has 1 amide bonds. The third kappa shape index (κ3) is 2.31. The molecule has 2 aromatic carbocycles. The van der Waals surface area contributed by atoms with Crippen LogP contribution in [0.1, 0.15) is 35.1 Å². The van der Waals surface area contributed by atoms with Gasteiger partial charge in [-0.15, -0.1) is 0 Å². The molecule has 1 heterocycles. The van der Waals surface area contributed by atoms with Crippen LogP contribution >= 0.6 is 0 Å². The molecule has 20 heavy (non-hydrogen) atoms. The fourth-order valence-electron chi connectivity index (χ4n) is 2.84. The molecule has 1 aliphatic rings. The predicted octanol–water partition coefficient (Wildman–Crippen LogP) is 3.48. The standard InChI is InChI=1S/C17H16FNO/c1-11-9-13(7-8-15(11)18)14-10-16(20)19-17(14)12-5-3-2-4-6-12/h2-9,14,17H,10H2,1H3,(H,19,20). The van der Waals surface area contributed by atoms with Crippen LogP contribution in [0.15, 0.2) is 48.5 Å². The van der Waals surface area contributed by atoms with Gasteiger partial charge in [-0.2, -0.15) is 0 Å². The van der Waals surface area contributed by atoms with E-state index >= 15 is 0 Å². The lowest BCUT2D eigenvalue weighted by Gasteiger charge is -2.20. The molecule has 0 aliphatic carbocycles. The van der Waals surface area contributed by atoms with Crippen molar-refractivity contribution in [2.75, 3.05) is 0 Å². The van der Waals surface area contributed by atoms with Crippen LogP contribution in [0.2, 0.25) is 0 Å². The molecule has 102 valence electrons. The zero-order chi connectivity index (χ0) is 14.1. The predicted molar refractivity (Wildman–Crippen MR) is 75.8 cm³/mol. The number of aryl methyl sites for hydroxylation is 1. The maximum atomic E-state index is 13.4. The van der Waals surface area contributed by atoms with Gasteiger partial charge in [0, 0.05) is 12.3 Å². The van der Waals surface area contributed by atoms with Gasteiger partial charge in [-0.1, -0.05) is 42.5 Å². The minimum atomic E-state index is -0.206. The SMILES string of the molecule is Cc1cc(C2CC(=O)NC2c2ccccc2)ccc1F. The van der Waals surface area contributed by atoms with Gasteiger partial charge >= 0.3 is 0 Å². The Morgan fingerprint density at radius 1 is 1.10 bits per heavy atom. The summed E-state index contributed by atoms with van der Waals surface area (Å²) < 4.78 is 13.4. The zero-order valence-corrected chi connectivity index (χ0v) is 11.3. The van der Waals surface area contributed by atoms with Gasteiger partial charge in [-0.25, -0.2) is 4.39 Å². The molecular formula is C17H16FNO. The van der Waals surface area contributed by atoms with Crippen LogP contribution in [0.25, 0.3) is 0 Å². The molecule has 1 saturated heterocycles. The largest absolute Gasteiger partial charge is 0.349 e. The molecule has 0 saturated carbocycles. The Balaban J connectivity index is 1.98. The summed E-state index contributed by atoms with van der Waals surface area (Å²) in [5, 5.41) is 3.02. The van der Waals surface area contributed by atoms with Crippen LogP contribution in [0.4, 0.5) is 4.39 Å². The average Bonchev–Trinajstić information content (AvgIpc) is 2.85. The van der Waals surface area contributed by atoms with Gasteiger partial charge in [0.25, 0.3) is 0 Å². The third-order valence-electron chi connectivity index (χ3n) is 3.89. The molecule has 2 atom stereocenters. The summed E-state index contributed by atoms with van der Waals surface area (Å²) in [6.45, 7) is 1.75. The van der Waals surface area contributed by atoms with Crippen molar-refractivity contribution < 1.29 is 9.18 Å². The summed E-state index contributed by atoms with van der Waals surface area (Å²) in [5.41, 5.74) is 2.72. The van der Waals surface area contributed by atoms with Gasteiger partial charge in [-0.3, -0.25) is 4.79 Å². The van der Waals surface area contributed by atoms with Gasteiger partial charge in [0.2, 0.25) is 5.91 Å². The summed E-state index contributed by atoms with van der Waals surface area (Å²) in [4.78, 5) is 11.8. The number of rotatable bonds is 2. The van der Waals surface area contributed by atoms with Crippen molar-refractivity contribution in [3.05, 3.63) is 71.0 Å². The Labute approximate surface area is 117 Å². The number of carbonyl (C=O) groups is 1. The van der Waals surface area contributed by atoms with Crippen LogP contribution in [0, 0.1) is 12.7 Å². The number of carbonyl (C=O) groups excluding carboxylic acids is 1. The van der Waals surface area contributed by atoms with E-state index in [0.29, 0.717) is 12.0 Å². The second-order valence-corrected chi connectivity index (χ2v) is 5.28. The minimum absolute atomic E-state index is 0.0337. The summed E-state index contributed by atoms with van der Waals surface area (Å²) in [6.07, 6.45) is 0.449. The highest BCUT2D eigenvalue weighted by Crippen LogP contribution is 2.38. The monoisotopic (exact) mass is 269 g/mol. The molecule has 1 N–H and O–H groups in total. The molecule has 0 radical (unpaired) electrons. The van der Waals surface area contributed by atoms with Crippen molar-refractivity contribution in [1.82, 2.24) is 5.32 Å². The molecule has 0 spiro atoms. The molecule has 2 nitrogen and oxygen atoms in total. The van der Waals surface area contributed by atoms with E-state index in [1.165, 1.54) is 6.07 Å². The molecule has 1 fully saturated rings. The molecule has 3 heteroatoms. The number of halogens is 1. The van der Waals surface area contributed by atoms with Gasteiger partial charge in [0.1, 0.15) is 5.82 Å². The number of hydrogen-bond donors (Lipinski definition) is 1.